The molecule has 0 heterocycles. The van der Waals surface area contributed by atoms with Crippen molar-refractivity contribution >= 4 is 17.6 Å². The van der Waals surface area contributed by atoms with Gasteiger partial charge < -0.3 is 20.5 Å². The van der Waals surface area contributed by atoms with E-state index in [2.05, 4.69) is 5.32 Å². The van der Waals surface area contributed by atoms with Gasteiger partial charge in [0.25, 0.3) is 5.91 Å². The molecule has 21 heavy (non-hydrogen) atoms. The van der Waals surface area contributed by atoms with E-state index in [1.54, 1.807) is 24.3 Å². The van der Waals surface area contributed by atoms with E-state index < -0.39 is 5.97 Å². The minimum Gasteiger partial charge on any atom is -0.493 e. The van der Waals surface area contributed by atoms with Gasteiger partial charge in [-0.25, -0.2) is 0 Å². The molecule has 1 rings (SSSR count). The molecule has 0 unspecified atom stereocenters. The SMILES string of the molecule is CC(C)CNC(=O)COC(=O)CCOc1cccc(N)c1. The molecule has 0 aromatic heterocycles. The number of benzene rings is 1. The van der Waals surface area contributed by atoms with Crippen molar-refractivity contribution in [3.05, 3.63) is 24.3 Å². The summed E-state index contributed by atoms with van der Waals surface area (Å²) in [5, 5.41) is 2.66. The fourth-order valence-corrected chi connectivity index (χ4v) is 1.44. The Kier molecular flexibility index (Phi) is 7.08. The number of ether oxygens (including phenoxy) is 2. The maximum atomic E-state index is 11.4. The molecule has 1 aromatic carbocycles. The summed E-state index contributed by atoms with van der Waals surface area (Å²) < 4.78 is 10.2. The summed E-state index contributed by atoms with van der Waals surface area (Å²) in [4.78, 5) is 22.8. The van der Waals surface area contributed by atoms with Gasteiger partial charge in [-0.2, -0.15) is 0 Å². The summed E-state index contributed by atoms with van der Waals surface area (Å²) in [6.07, 6.45) is 0.0757. The summed E-state index contributed by atoms with van der Waals surface area (Å²) >= 11 is 0. The largest absolute Gasteiger partial charge is 0.493 e. The number of nitrogen functional groups attached to an aromatic ring is 1. The lowest BCUT2D eigenvalue weighted by molar-refractivity contribution is -0.149. The van der Waals surface area contributed by atoms with Crippen LogP contribution >= 0.6 is 0 Å². The Hall–Kier alpha value is -2.24. The van der Waals surface area contributed by atoms with Crippen molar-refractivity contribution in [2.45, 2.75) is 20.3 Å². The van der Waals surface area contributed by atoms with Crippen LogP contribution in [-0.4, -0.2) is 31.6 Å². The molecule has 0 spiro atoms. The van der Waals surface area contributed by atoms with E-state index >= 15 is 0 Å². The average molecular weight is 294 g/mol. The number of anilines is 1. The Morgan fingerprint density at radius 2 is 2.10 bits per heavy atom. The van der Waals surface area contributed by atoms with E-state index in [0.29, 0.717) is 23.9 Å². The van der Waals surface area contributed by atoms with E-state index in [1.165, 1.54) is 0 Å². The molecular weight excluding hydrogens is 272 g/mol. The van der Waals surface area contributed by atoms with Gasteiger partial charge >= 0.3 is 5.97 Å². The van der Waals surface area contributed by atoms with Gasteiger partial charge in [0, 0.05) is 18.3 Å². The average Bonchev–Trinajstić information content (AvgIpc) is 2.43. The first-order valence-electron chi connectivity index (χ1n) is 6.88. The van der Waals surface area contributed by atoms with Gasteiger partial charge in [0.05, 0.1) is 13.0 Å². The Morgan fingerprint density at radius 1 is 1.33 bits per heavy atom. The molecule has 0 aliphatic carbocycles. The van der Waals surface area contributed by atoms with Gasteiger partial charge in [-0.15, -0.1) is 0 Å². The van der Waals surface area contributed by atoms with Crippen molar-refractivity contribution < 1.29 is 19.1 Å². The van der Waals surface area contributed by atoms with Crippen LogP contribution in [0.4, 0.5) is 5.69 Å². The van der Waals surface area contributed by atoms with Crippen molar-refractivity contribution in [2.24, 2.45) is 5.92 Å². The third-order valence-corrected chi connectivity index (χ3v) is 2.50. The van der Waals surface area contributed by atoms with Crippen molar-refractivity contribution in [2.75, 3.05) is 25.5 Å². The highest BCUT2D eigenvalue weighted by Gasteiger charge is 2.08. The maximum absolute atomic E-state index is 11.4. The lowest BCUT2D eigenvalue weighted by Crippen LogP contribution is -2.31. The van der Waals surface area contributed by atoms with Crippen molar-refractivity contribution in [1.29, 1.82) is 0 Å². The second-order valence-electron chi connectivity index (χ2n) is 5.03. The lowest BCUT2D eigenvalue weighted by Gasteiger charge is -2.09. The molecule has 3 N–H and O–H groups in total. The van der Waals surface area contributed by atoms with Crippen LogP contribution in [0.2, 0.25) is 0 Å². The number of rotatable bonds is 8. The third-order valence-electron chi connectivity index (χ3n) is 2.50. The number of carbonyl (C=O) groups excluding carboxylic acids is 2. The van der Waals surface area contributed by atoms with Gasteiger partial charge in [-0.3, -0.25) is 9.59 Å². The van der Waals surface area contributed by atoms with E-state index in [0.717, 1.165) is 0 Å². The molecule has 1 amide bonds. The first kappa shape index (κ1) is 16.8. The van der Waals surface area contributed by atoms with Crippen LogP contribution in [0.3, 0.4) is 0 Å². The number of hydrogen-bond acceptors (Lipinski definition) is 5. The second kappa shape index (κ2) is 8.84. The van der Waals surface area contributed by atoms with Crippen LogP contribution in [-0.2, 0) is 14.3 Å². The van der Waals surface area contributed by atoms with E-state index in [4.69, 9.17) is 15.2 Å². The number of nitrogens with one attached hydrogen (secondary N) is 1. The van der Waals surface area contributed by atoms with E-state index in [1.807, 2.05) is 13.8 Å². The summed E-state index contributed by atoms with van der Waals surface area (Å²) in [6.45, 7) is 4.45. The molecule has 6 heteroatoms. The van der Waals surface area contributed by atoms with Crippen LogP contribution < -0.4 is 15.8 Å². The van der Waals surface area contributed by atoms with Gasteiger partial charge in [0.2, 0.25) is 0 Å². The maximum Gasteiger partial charge on any atom is 0.309 e. The fraction of sp³-hybridized carbons (Fsp3) is 0.467. The van der Waals surface area contributed by atoms with Gasteiger partial charge in [0.15, 0.2) is 6.61 Å². The lowest BCUT2D eigenvalue weighted by atomic mass is 10.2. The van der Waals surface area contributed by atoms with Gasteiger partial charge in [-0.05, 0) is 18.1 Å². The zero-order valence-electron chi connectivity index (χ0n) is 12.4. The molecule has 0 atom stereocenters. The van der Waals surface area contributed by atoms with E-state index in [9.17, 15) is 9.59 Å². The zero-order chi connectivity index (χ0) is 15.7. The minimum absolute atomic E-state index is 0.0757. The van der Waals surface area contributed by atoms with Gasteiger partial charge in [-0.1, -0.05) is 19.9 Å². The molecule has 0 aliphatic rings. The van der Waals surface area contributed by atoms with E-state index in [-0.39, 0.29) is 25.5 Å². The van der Waals surface area contributed by atoms with Crippen molar-refractivity contribution in [1.82, 2.24) is 5.32 Å². The summed E-state index contributed by atoms with van der Waals surface area (Å²) in [7, 11) is 0. The number of amides is 1. The quantitative estimate of drug-likeness (QED) is 0.558. The molecule has 0 saturated carbocycles. The Bertz CT molecular complexity index is 474. The Balaban J connectivity index is 2.15. The highest BCUT2D eigenvalue weighted by Crippen LogP contribution is 2.14. The summed E-state index contributed by atoms with van der Waals surface area (Å²) in [5.41, 5.74) is 6.20. The van der Waals surface area contributed by atoms with Crippen molar-refractivity contribution in [3.8, 4) is 5.75 Å². The summed E-state index contributed by atoms with van der Waals surface area (Å²) in [6, 6.07) is 6.94. The van der Waals surface area contributed by atoms with Crippen LogP contribution in [0.25, 0.3) is 0 Å². The predicted molar refractivity (Wildman–Crippen MR) is 79.8 cm³/mol. The standard InChI is InChI=1S/C15H22N2O4/c1-11(2)9-17-14(18)10-21-15(19)6-7-20-13-5-3-4-12(16)8-13/h3-5,8,11H,6-7,9-10,16H2,1-2H3,(H,17,18). The highest BCUT2D eigenvalue weighted by molar-refractivity contribution is 5.80. The first-order valence-corrected chi connectivity index (χ1v) is 6.88. The highest BCUT2D eigenvalue weighted by atomic mass is 16.5. The molecule has 1 aromatic rings. The molecule has 0 radical (unpaired) electrons. The molecule has 0 aliphatic heterocycles. The Labute approximate surface area is 124 Å². The Morgan fingerprint density at radius 3 is 2.76 bits per heavy atom. The first-order chi connectivity index (χ1) is 9.97. The second-order valence-corrected chi connectivity index (χ2v) is 5.03. The van der Waals surface area contributed by atoms with Crippen LogP contribution in [0.5, 0.6) is 5.75 Å². The normalized spacial score (nSPS) is 10.2. The molecular formula is C15H22N2O4. The van der Waals surface area contributed by atoms with Crippen LogP contribution in [0, 0.1) is 5.92 Å². The third kappa shape index (κ3) is 7.81. The number of hydrogen-bond donors (Lipinski definition) is 2. The van der Waals surface area contributed by atoms with Gasteiger partial charge in [0.1, 0.15) is 5.75 Å². The van der Waals surface area contributed by atoms with Crippen LogP contribution in [0.1, 0.15) is 20.3 Å². The van der Waals surface area contributed by atoms with Crippen LogP contribution in [0.15, 0.2) is 24.3 Å². The zero-order valence-corrected chi connectivity index (χ0v) is 12.4. The minimum atomic E-state index is -0.474. The predicted octanol–water partition coefficient (Wildman–Crippen LogP) is 1.35. The fourth-order valence-electron chi connectivity index (χ4n) is 1.44. The smallest absolute Gasteiger partial charge is 0.309 e. The number of carbonyl (C=O) groups is 2. The number of esters is 1. The van der Waals surface area contributed by atoms with Crippen molar-refractivity contribution in [3.63, 3.8) is 0 Å². The molecule has 0 fully saturated rings. The monoisotopic (exact) mass is 294 g/mol. The molecule has 0 saturated heterocycles. The topological polar surface area (TPSA) is 90.6 Å². The molecule has 116 valence electrons. The summed E-state index contributed by atoms with van der Waals surface area (Å²) in [5.74, 6) is 0.182. The molecule has 6 nitrogen and oxygen atoms in total. The number of nitrogens with two attached hydrogens (primary N) is 1. The molecule has 0 bridgehead atoms.